The van der Waals surface area contributed by atoms with Gasteiger partial charge in [0.25, 0.3) is 0 Å². The average molecular weight is 296 g/mol. The zero-order chi connectivity index (χ0) is 16.1. The first-order valence-electron chi connectivity index (χ1n) is 7.18. The molecule has 2 aromatic rings. The number of hydrogen-bond donors (Lipinski definition) is 2. The maximum absolute atomic E-state index is 12.0. The van der Waals surface area contributed by atoms with E-state index in [0.717, 1.165) is 11.3 Å². The monoisotopic (exact) mass is 296 g/mol. The third-order valence-corrected chi connectivity index (χ3v) is 3.62. The Morgan fingerprint density at radius 3 is 2.32 bits per heavy atom. The minimum atomic E-state index is -0.128. The standard InChI is InChI=1S/C18H20N2O2/c1-12-5-4-6-17(13(12)2)19-11-18(22)20-16-9-7-15(8-10-16)14(3)21/h4-10,19H,11H2,1-3H3,(H,20,22). The number of aryl methyl sites for hydroxylation is 1. The van der Waals surface area contributed by atoms with Crippen molar-refractivity contribution in [2.45, 2.75) is 20.8 Å². The fourth-order valence-electron chi connectivity index (χ4n) is 2.11. The Kier molecular flexibility index (Phi) is 4.94. The van der Waals surface area contributed by atoms with Crippen molar-refractivity contribution in [3.8, 4) is 0 Å². The number of carbonyl (C=O) groups is 2. The lowest BCUT2D eigenvalue weighted by atomic mass is 10.1. The van der Waals surface area contributed by atoms with Gasteiger partial charge in [-0.25, -0.2) is 0 Å². The van der Waals surface area contributed by atoms with E-state index in [0.29, 0.717) is 11.3 Å². The minimum Gasteiger partial charge on any atom is -0.376 e. The van der Waals surface area contributed by atoms with Crippen LogP contribution in [0.15, 0.2) is 42.5 Å². The molecule has 114 valence electrons. The highest BCUT2D eigenvalue weighted by Crippen LogP contribution is 2.17. The van der Waals surface area contributed by atoms with Gasteiger partial charge in [0.1, 0.15) is 0 Å². The zero-order valence-electron chi connectivity index (χ0n) is 13.1. The maximum Gasteiger partial charge on any atom is 0.243 e. The predicted octanol–water partition coefficient (Wildman–Crippen LogP) is 3.56. The molecule has 2 rings (SSSR count). The third kappa shape index (κ3) is 3.95. The minimum absolute atomic E-state index is 0.00876. The molecule has 0 atom stereocenters. The van der Waals surface area contributed by atoms with Crippen LogP contribution in [-0.4, -0.2) is 18.2 Å². The predicted molar refractivity (Wildman–Crippen MR) is 89.5 cm³/mol. The first-order chi connectivity index (χ1) is 10.5. The summed E-state index contributed by atoms with van der Waals surface area (Å²) >= 11 is 0. The van der Waals surface area contributed by atoms with Crippen LogP contribution in [0.2, 0.25) is 0 Å². The van der Waals surface area contributed by atoms with E-state index in [1.165, 1.54) is 12.5 Å². The van der Waals surface area contributed by atoms with E-state index in [2.05, 4.69) is 10.6 Å². The summed E-state index contributed by atoms with van der Waals surface area (Å²) in [5.74, 6) is -0.119. The fraction of sp³-hybridized carbons (Fsp3) is 0.222. The van der Waals surface area contributed by atoms with Gasteiger partial charge in [-0.3, -0.25) is 9.59 Å². The number of anilines is 2. The highest BCUT2D eigenvalue weighted by Gasteiger charge is 2.05. The third-order valence-electron chi connectivity index (χ3n) is 3.62. The summed E-state index contributed by atoms with van der Waals surface area (Å²) < 4.78 is 0. The molecule has 0 spiro atoms. The molecule has 0 saturated heterocycles. The van der Waals surface area contributed by atoms with Gasteiger partial charge in [-0.2, -0.15) is 0 Å². The second-order valence-corrected chi connectivity index (χ2v) is 5.28. The van der Waals surface area contributed by atoms with Gasteiger partial charge in [-0.1, -0.05) is 12.1 Å². The average Bonchev–Trinajstić information content (AvgIpc) is 2.49. The molecule has 2 aromatic carbocycles. The quantitative estimate of drug-likeness (QED) is 0.829. The second kappa shape index (κ2) is 6.89. The topological polar surface area (TPSA) is 58.2 Å². The van der Waals surface area contributed by atoms with E-state index in [9.17, 15) is 9.59 Å². The van der Waals surface area contributed by atoms with Gasteiger partial charge in [0, 0.05) is 16.9 Å². The first-order valence-corrected chi connectivity index (χ1v) is 7.18. The highest BCUT2D eigenvalue weighted by molar-refractivity contribution is 5.96. The normalized spacial score (nSPS) is 10.1. The number of hydrogen-bond acceptors (Lipinski definition) is 3. The number of ketones is 1. The van der Waals surface area contributed by atoms with Gasteiger partial charge in [0.2, 0.25) is 5.91 Å². The molecular weight excluding hydrogens is 276 g/mol. The van der Waals surface area contributed by atoms with Gasteiger partial charge in [-0.05, 0) is 62.2 Å². The van der Waals surface area contributed by atoms with Crippen molar-refractivity contribution in [3.05, 3.63) is 59.2 Å². The number of rotatable bonds is 5. The molecule has 22 heavy (non-hydrogen) atoms. The molecule has 4 heteroatoms. The van der Waals surface area contributed by atoms with E-state index in [1.54, 1.807) is 24.3 Å². The number of benzene rings is 2. The van der Waals surface area contributed by atoms with Gasteiger partial charge in [0.05, 0.1) is 6.54 Å². The zero-order valence-corrected chi connectivity index (χ0v) is 13.1. The summed E-state index contributed by atoms with van der Waals surface area (Å²) in [5.41, 5.74) is 4.60. The van der Waals surface area contributed by atoms with Crippen LogP contribution in [0.4, 0.5) is 11.4 Å². The Morgan fingerprint density at radius 1 is 1.00 bits per heavy atom. The molecule has 0 aliphatic heterocycles. The first kappa shape index (κ1) is 15.8. The Labute approximate surface area is 130 Å². The van der Waals surface area contributed by atoms with Gasteiger partial charge < -0.3 is 10.6 Å². The lowest BCUT2D eigenvalue weighted by Crippen LogP contribution is -2.22. The lowest BCUT2D eigenvalue weighted by Gasteiger charge is -2.11. The summed E-state index contributed by atoms with van der Waals surface area (Å²) in [7, 11) is 0. The Morgan fingerprint density at radius 2 is 1.68 bits per heavy atom. The van der Waals surface area contributed by atoms with Crippen LogP contribution < -0.4 is 10.6 Å². The van der Waals surface area contributed by atoms with Crippen LogP contribution in [0.5, 0.6) is 0 Å². The van der Waals surface area contributed by atoms with Crippen molar-refractivity contribution in [2.75, 3.05) is 17.2 Å². The van der Waals surface area contributed by atoms with Crippen molar-refractivity contribution in [1.82, 2.24) is 0 Å². The number of carbonyl (C=O) groups excluding carboxylic acids is 2. The van der Waals surface area contributed by atoms with Crippen LogP contribution in [0.1, 0.15) is 28.4 Å². The molecule has 1 amide bonds. The molecular formula is C18H20N2O2. The van der Waals surface area contributed by atoms with E-state index < -0.39 is 0 Å². The summed E-state index contributed by atoms with van der Waals surface area (Å²) in [6.07, 6.45) is 0. The van der Waals surface area contributed by atoms with Gasteiger partial charge in [-0.15, -0.1) is 0 Å². The Hall–Kier alpha value is -2.62. The lowest BCUT2D eigenvalue weighted by molar-refractivity contribution is -0.114. The molecule has 4 nitrogen and oxygen atoms in total. The smallest absolute Gasteiger partial charge is 0.243 e. The van der Waals surface area contributed by atoms with Crippen LogP contribution >= 0.6 is 0 Å². The second-order valence-electron chi connectivity index (χ2n) is 5.28. The molecule has 2 N–H and O–H groups in total. The van der Waals surface area contributed by atoms with Crippen LogP contribution in [0.25, 0.3) is 0 Å². The molecule has 0 heterocycles. The summed E-state index contributed by atoms with van der Waals surface area (Å²) in [5, 5.41) is 5.94. The Balaban J connectivity index is 1.93. The van der Waals surface area contributed by atoms with E-state index >= 15 is 0 Å². The van der Waals surface area contributed by atoms with E-state index in [1.807, 2.05) is 32.0 Å². The number of nitrogens with one attached hydrogen (secondary N) is 2. The van der Waals surface area contributed by atoms with Crippen molar-refractivity contribution in [2.24, 2.45) is 0 Å². The van der Waals surface area contributed by atoms with Crippen molar-refractivity contribution in [3.63, 3.8) is 0 Å². The molecule has 0 saturated carbocycles. The molecule has 0 unspecified atom stereocenters. The summed E-state index contributed by atoms with van der Waals surface area (Å²) in [4.78, 5) is 23.2. The maximum atomic E-state index is 12.0. The van der Waals surface area contributed by atoms with Crippen molar-refractivity contribution < 1.29 is 9.59 Å². The molecule has 0 aliphatic carbocycles. The van der Waals surface area contributed by atoms with Gasteiger partial charge in [0.15, 0.2) is 5.78 Å². The van der Waals surface area contributed by atoms with Crippen LogP contribution in [0.3, 0.4) is 0 Å². The largest absolute Gasteiger partial charge is 0.376 e. The molecule has 0 aromatic heterocycles. The molecule has 0 bridgehead atoms. The van der Waals surface area contributed by atoms with Crippen LogP contribution in [-0.2, 0) is 4.79 Å². The molecule has 0 aliphatic rings. The number of amides is 1. The highest BCUT2D eigenvalue weighted by atomic mass is 16.2. The van der Waals surface area contributed by atoms with Crippen LogP contribution in [0, 0.1) is 13.8 Å². The number of Topliss-reactive ketones (excluding diaryl/α,β-unsaturated/α-hetero) is 1. The molecule has 0 fully saturated rings. The summed E-state index contributed by atoms with van der Waals surface area (Å²) in [6.45, 7) is 5.77. The molecule has 0 radical (unpaired) electrons. The van der Waals surface area contributed by atoms with Gasteiger partial charge >= 0.3 is 0 Å². The summed E-state index contributed by atoms with van der Waals surface area (Å²) in [6, 6.07) is 12.8. The van der Waals surface area contributed by atoms with Crippen molar-refractivity contribution in [1.29, 1.82) is 0 Å². The fourth-order valence-corrected chi connectivity index (χ4v) is 2.11. The SMILES string of the molecule is CC(=O)c1ccc(NC(=O)CNc2cccc(C)c2C)cc1. The van der Waals surface area contributed by atoms with E-state index in [-0.39, 0.29) is 18.2 Å². The van der Waals surface area contributed by atoms with E-state index in [4.69, 9.17) is 0 Å². The van der Waals surface area contributed by atoms with Crippen molar-refractivity contribution >= 4 is 23.1 Å². The Bertz CT molecular complexity index is 691.